The summed E-state index contributed by atoms with van der Waals surface area (Å²) in [5, 5.41) is 1.93. The van der Waals surface area contributed by atoms with Crippen LogP contribution in [0.1, 0.15) is 40.2 Å². The number of carbonyl (C=O) groups excluding carboxylic acids is 1. The molecule has 0 spiro atoms. The molecule has 1 aliphatic heterocycles. The van der Waals surface area contributed by atoms with Gasteiger partial charge in [0, 0.05) is 26.0 Å². The van der Waals surface area contributed by atoms with E-state index in [0.29, 0.717) is 11.5 Å². The van der Waals surface area contributed by atoms with Gasteiger partial charge in [-0.25, -0.2) is 9.97 Å². The normalized spacial score (nSPS) is 16.7. The van der Waals surface area contributed by atoms with Crippen molar-refractivity contribution in [2.24, 2.45) is 7.05 Å². The van der Waals surface area contributed by atoms with Crippen LogP contribution in [0.25, 0.3) is 10.2 Å². The fourth-order valence-electron chi connectivity index (χ4n) is 3.64. The first-order valence-electron chi connectivity index (χ1n) is 9.54. The molecule has 1 fully saturated rings. The van der Waals surface area contributed by atoms with Crippen LogP contribution in [0, 0.1) is 0 Å². The van der Waals surface area contributed by atoms with Crippen LogP contribution < -0.4 is 0 Å². The van der Waals surface area contributed by atoms with Gasteiger partial charge in [0.2, 0.25) is 0 Å². The number of nitrogens with zero attached hydrogens (tertiary/aromatic N) is 4. The van der Waals surface area contributed by atoms with Gasteiger partial charge < -0.3 is 13.9 Å². The minimum atomic E-state index is -0.0556. The zero-order valence-electron chi connectivity index (χ0n) is 15.9. The van der Waals surface area contributed by atoms with Crippen molar-refractivity contribution in [2.45, 2.75) is 29.8 Å². The number of thioether (sulfide) groups is 1. The standard InChI is InChI=1S/C21H20N4O2S2/c1-24-12-10-22-21(24)28-13-14-8-9-17(27-14)20(26)25-11-4-6-16(25)19-23-15-5-2-3-7-18(15)29-19/h2-3,5,7-10,12,16H,4,6,11,13H2,1H3. The zero-order valence-corrected chi connectivity index (χ0v) is 17.6. The van der Waals surface area contributed by atoms with E-state index in [2.05, 4.69) is 11.1 Å². The molecule has 0 aliphatic carbocycles. The van der Waals surface area contributed by atoms with Gasteiger partial charge in [-0.15, -0.1) is 11.3 Å². The minimum absolute atomic E-state index is 0.0235. The smallest absolute Gasteiger partial charge is 0.290 e. The molecule has 0 bridgehead atoms. The summed E-state index contributed by atoms with van der Waals surface area (Å²) in [4.78, 5) is 24.1. The lowest BCUT2D eigenvalue weighted by Crippen LogP contribution is -2.30. The summed E-state index contributed by atoms with van der Waals surface area (Å²) in [6, 6.07) is 11.8. The van der Waals surface area contributed by atoms with Crippen LogP contribution in [-0.4, -0.2) is 31.9 Å². The van der Waals surface area contributed by atoms with E-state index in [-0.39, 0.29) is 11.9 Å². The van der Waals surface area contributed by atoms with E-state index in [9.17, 15) is 4.79 Å². The molecule has 6 nitrogen and oxygen atoms in total. The van der Waals surface area contributed by atoms with Crippen LogP contribution >= 0.6 is 23.1 Å². The quantitative estimate of drug-likeness (QED) is 0.427. The molecular weight excluding hydrogens is 404 g/mol. The number of amides is 1. The third-order valence-electron chi connectivity index (χ3n) is 5.10. The molecule has 0 saturated carbocycles. The van der Waals surface area contributed by atoms with Gasteiger partial charge in [-0.1, -0.05) is 23.9 Å². The van der Waals surface area contributed by atoms with Crippen LogP contribution in [0.5, 0.6) is 0 Å². The minimum Gasteiger partial charge on any atom is -0.455 e. The highest BCUT2D eigenvalue weighted by molar-refractivity contribution is 7.98. The number of aryl methyl sites for hydroxylation is 1. The van der Waals surface area contributed by atoms with Crippen molar-refractivity contribution in [3.05, 3.63) is 65.3 Å². The van der Waals surface area contributed by atoms with Crippen molar-refractivity contribution in [2.75, 3.05) is 6.54 Å². The van der Waals surface area contributed by atoms with E-state index >= 15 is 0 Å². The van der Waals surface area contributed by atoms with Gasteiger partial charge in [-0.05, 0) is 37.1 Å². The van der Waals surface area contributed by atoms with Gasteiger partial charge in [-0.2, -0.15) is 0 Å². The average Bonchev–Trinajstić information content (AvgIpc) is 3.51. The van der Waals surface area contributed by atoms with Gasteiger partial charge >= 0.3 is 0 Å². The molecule has 1 unspecified atom stereocenters. The zero-order chi connectivity index (χ0) is 19.8. The maximum atomic E-state index is 13.1. The molecule has 8 heteroatoms. The first-order valence-corrected chi connectivity index (χ1v) is 11.3. The lowest BCUT2D eigenvalue weighted by atomic mass is 10.2. The van der Waals surface area contributed by atoms with Crippen LogP contribution in [0.4, 0.5) is 0 Å². The van der Waals surface area contributed by atoms with Crippen LogP contribution in [0.3, 0.4) is 0 Å². The Labute approximate surface area is 176 Å². The molecule has 0 radical (unpaired) electrons. The molecule has 1 saturated heterocycles. The Morgan fingerprint density at radius 2 is 2.21 bits per heavy atom. The van der Waals surface area contributed by atoms with Crippen molar-refractivity contribution in [1.29, 1.82) is 0 Å². The number of imidazole rings is 1. The number of aromatic nitrogens is 3. The lowest BCUT2D eigenvalue weighted by Gasteiger charge is -2.21. The summed E-state index contributed by atoms with van der Waals surface area (Å²) in [5.74, 6) is 1.75. The number of likely N-dealkylation sites (tertiary alicyclic amines) is 1. The number of fused-ring (bicyclic) bond motifs is 1. The maximum Gasteiger partial charge on any atom is 0.290 e. The van der Waals surface area contributed by atoms with Crippen molar-refractivity contribution >= 4 is 39.2 Å². The van der Waals surface area contributed by atoms with Crippen LogP contribution in [-0.2, 0) is 12.8 Å². The SMILES string of the molecule is Cn1ccnc1SCc1ccc(C(=O)N2CCCC2c2nc3ccccc3s2)o1. The Hall–Kier alpha value is -2.58. The Balaban J connectivity index is 1.32. The molecule has 0 N–H and O–H groups in total. The summed E-state index contributed by atoms with van der Waals surface area (Å²) in [6.45, 7) is 0.734. The molecule has 1 aromatic carbocycles. The van der Waals surface area contributed by atoms with E-state index in [1.54, 1.807) is 35.4 Å². The van der Waals surface area contributed by atoms with E-state index in [0.717, 1.165) is 45.5 Å². The number of hydrogen-bond donors (Lipinski definition) is 0. The number of hydrogen-bond acceptors (Lipinski definition) is 6. The highest BCUT2D eigenvalue weighted by Gasteiger charge is 2.34. The monoisotopic (exact) mass is 424 g/mol. The fourth-order valence-corrected chi connectivity index (χ4v) is 5.58. The van der Waals surface area contributed by atoms with Crippen molar-refractivity contribution < 1.29 is 9.21 Å². The number of rotatable bonds is 5. The number of benzene rings is 1. The Morgan fingerprint density at radius 1 is 1.31 bits per heavy atom. The summed E-state index contributed by atoms with van der Waals surface area (Å²) in [7, 11) is 1.96. The third-order valence-corrected chi connectivity index (χ3v) is 7.32. The van der Waals surface area contributed by atoms with Crippen molar-refractivity contribution in [3.63, 3.8) is 0 Å². The summed E-state index contributed by atoms with van der Waals surface area (Å²) in [6.07, 6.45) is 5.60. The van der Waals surface area contributed by atoms with Crippen molar-refractivity contribution in [3.8, 4) is 0 Å². The van der Waals surface area contributed by atoms with Gasteiger partial charge in [-0.3, -0.25) is 4.79 Å². The van der Waals surface area contributed by atoms with Gasteiger partial charge in [0.25, 0.3) is 5.91 Å². The number of para-hydroxylation sites is 1. The van der Waals surface area contributed by atoms with Gasteiger partial charge in [0.15, 0.2) is 10.9 Å². The summed E-state index contributed by atoms with van der Waals surface area (Å²) < 4.78 is 9.00. The predicted octanol–water partition coefficient (Wildman–Crippen LogP) is 4.89. The highest BCUT2D eigenvalue weighted by Crippen LogP contribution is 2.37. The van der Waals surface area contributed by atoms with E-state index in [1.165, 1.54) is 0 Å². The molecule has 1 atom stereocenters. The first kappa shape index (κ1) is 18.4. The average molecular weight is 425 g/mol. The second kappa shape index (κ2) is 7.68. The molecule has 3 aromatic heterocycles. The molecule has 4 aromatic rings. The van der Waals surface area contributed by atoms with Crippen LogP contribution in [0.15, 0.2) is 58.4 Å². The second-order valence-electron chi connectivity index (χ2n) is 7.05. The lowest BCUT2D eigenvalue weighted by molar-refractivity contribution is 0.0701. The van der Waals surface area contributed by atoms with Crippen molar-refractivity contribution in [1.82, 2.24) is 19.4 Å². The Kier molecular flexibility index (Phi) is 4.89. The predicted molar refractivity (Wildman–Crippen MR) is 114 cm³/mol. The van der Waals surface area contributed by atoms with Crippen LogP contribution in [0.2, 0.25) is 0 Å². The molecule has 4 heterocycles. The Bertz CT molecular complexity index is 1130. The second-order valence-corrected chi connectivity index (χ2v) is 9.06. The molecule has 5 rings (SSSR count). The molecule has 148 valence electrons. The largest absolute Gasteiger partial charge is 0.455 e. The molecular formula is C21H20N4O2S2. The summed E-state index contributed by atoms with van der Waals surface area (Å²) in [5.41, 5.74) is 0.999. The molecule has 1 aliphatic rings. The molecule has 1 amide bonds. The van der Waals surface area contributed by atoms with E-state index in [1.807, 2.05) is 47.0 Å². The highest BCUT2D eigenvalue weighted by atomic mass is 32.2. The summed E-state index contributed by atoms with van der Waals surface area (Å²) >= 11 is 3.26. The van der Waals surface area contributed by atoms with E-state index in [4.69, 9.17) is 9.40 Å². The fraction of sp³-hybridized carbons (Fsp3) is 0.286. The molecule has 29 heavy (non-hydrogen) atoms. The third kappa shape index (κ3) is 3.58. The van der Waals surface area contributed by atoms with Gasteiger partial charge in [0.05, 0.1) is 22.0 Å². The topological polar surface area (TPSA) is 64.2 Å². The van der Waals surface area contributed by atoms with E-state index < -0.39 is 0 Å². The number of furan rings is 1. The number of carbonyl (C=O) groups is 1. The first-order chi connectivity index (χ1) is 14.2. The number of thiazole rings is 1. The Morgan fingerprint density at radius 3 is 3.03 bits per heavy atom. The maximum absolute atomic E-state index is 13.1. The van der Waals surface area contributed by atoms with Gasteiger partial charge in [0.1, 0.15) is 10.8 Å².